The molecular weight excluding hydrogens is 166 g/mol. The Kier molecular flexibility index (Phi) is 51.0. The highest BCUT2D eigenvalue weighted by Crippen LogP contribution is 1.79. The van der Waals surface area contributed by atoms with Gasteiger partial charge in [-0.2, -0.15) is 0 Å². The van der Waals surface area contributed by atoms with Crippen LogP contribution in [0.2, 0.25) is 0 Å². The van der Waals surface area contributed by atoms with Gasteiger partial charge in [0, 0.05) is 13.2 Å². The van der Waals surface area contributed by atoms with Gasteiger partial charge in [0.05, 0.1) is 19.8 Å². The predicted octanol–water partition coefficient (Wildman–Crippen LogP) is 2.54. The second-order valence-electron chi connectivity index (χ2n) is 2.04. The van der Waals surface area contributed by atoms with Gasteiger partial charge in [0.15, 0.2) is 0 Å². The van der Waals surface area contributed by atoms with Crippen LogP contribution in [0, 0.1) is 0 Å². The van der Waals surface area contributed by atoms with Crippen LogP contribution in [0.15, 0.2) is 0 Å². The third-order valence-corrected chi connectivity index (χ3v) is 0.813. The molecule has 88 valence electrons. The monoisotopic (exact) mass is 197 g/mol. The van der Waals surface area contributed by atoms with E-state index in [1.165, 1.54) is 0 Å². The second kappa shape index (κ2) is 22.6. The van der Waals surface area contributed by atoms with Crippen molar-refractivity contribution in [3.8, 4) is 0 Å². The summed E-state index contributed by atoms with van der Waals surface area (Å²) in [6.07, 6.45) is 0. The Morgan fingerprint density at radius 1 is 1.08 bits per heavy atom. The molecule has 0 aromatic heterocycles. The summed E-state index contributed by atoms with van der Waals surface area (Å²) >= 11 is 0. The molecule has 0 aliphatic heterocycles. The van der Waals surface area contributed by atoms with Crippen LogP contribution >= 0.6 is 0 Å². The van der Waals surface area contributed by atoms with E-state index >= 15 is 0 Å². The van der Waals surface area contributed by atoms with E-state index in [0.717, 1.165) is 0 Å². The molecule has 0 bridgehead atoms. The fourth-order valence-corrected chi connectivity index (χ4v) is 0.411. The lowest BCUT2D eigenvalue weighted by molar-refractivity contribution is 0.0656. The van der Waals surface area contributed by atoms with Gasteiger partial charge in [-0.15, -0.1) is 0 Å². The summed E-state index contributed by atoms with van der Waals surface area (Å²) in [5.74, 6) is 0. The highest BCUT2D eigenvalue weighted by Gasteiger charge is 1.91. The summed E-state index contributed by atoms with van der Waals surface area (Å²) in [7, 11) is 1.65. The Morgan fingerprint density at radius 3 is 1.85 bits per heavy atom. The first-order valence-corrected chi connectivity index (χ1v) is 3.09. The van der Waals surface area contributed by atoms with Gasteiger partial charge in [0.1, 0.15) is 0 Å². The van der Waals surface area contributed by atoms with Gasteiger partial charge in [-0.1, -0.05) is 29.7 Å². The molecule has 1 unspecified atom stereocenters. The van der Waals surface area contributed by atoms with E-state index in [1.54, 1.807) is 7.11 Å². The van der Waals surface area contributed by atoms with Gasteiger partial charge >= 0.3 is 0 Å². The van der Waals surface area contributed by atoms with E-state index in [9.17, 15) is 0 Å². The number of hydrogen-bond acceptors (Lipinski definition) is 3. The number of nitrogens with two attached hydrogens (primary N) is 1. The smallest absolute Gasteiger partial charge is 0.0701 e. The minimum absolute atomic E-state index is 0. The minimum Gasteiger partial charge on any atom is -0.382 e. The maximum Gasteiger partial charge on any atom is 0.0701 e. The molecule has 0 fully saturated rings. The summed E-state index contributed by atoms with van der Waals surface area (Å²) in [5.41, 5.74) is 5.41. The summed E-state index contributed by atoms with van der Waals surface area (Å²) in [6, 6.07) is 0.127. The van der Waals surface area contributed by atoms with Crippen molar-refractivity contribution in [3.05, 3.63) is 0 Å². The topological polar surface area (TPSA) is 44.5 Å². The van der Waals surface area contributed by atoms with Crippen molar-refractivity contribution >= 4 is 0 Å². The van der Waals surface area contributed by atoms with Gasteiger partial charge in [-0.25, -0.2) is 0 Å². The second-order valence-corrected chi connectivity index (χ2v) is 2.04. The van der Waals surface area contributed by atoms with Crippen molar-refractivity contribution in [3.63, 3.8) is 0 Å². The molecule has 0 radical (unpaired) electrons. The van der Waals surface area contributed by atoms with E-state index in [4.69, 9.17) is 15.2 Å². The Balaban J connectivity index is -0.0000000533. The lowest BCUT2D eigenvalue weighted by Crippen LogP contribution is -2.22. The minimum atomic E-state index is 0. The first kappa shape index (κ1) is 29.3. The fourth-order valence-electron chi connectivity index (χ4n) is 0.411. The molecule has 0 amide bonds. The van der Waals surface area contributed by atoms with Gasteiger partial charge in [0.25, 0.3) is 0 Å². The van der Waals surface area contributed by atoms with Crippen molar-refractivity contribution < 1.29 is 9.47 Å². The number of hydrogen-bond donors (Lipinski definition) is 1. The molecular formula is C10H31NO2. The van der Waals surface area contributed by atoms with Crippen LogP contribution in [0.5, 0.6) is 0 Å². The summed E-state index contributed by atoms with van der Waals surface area (Å²) in [5, 5.41) is 0. The van der Waals surface area contributed by atoms with Crippen molar-refractivity contribution in [1.29, 1.82) is 0 Å². The molecule has 0 aliphatic rings. The zero-order valence-corrected chi connectivity index (χ0v) is 6.09. The maximum atomic E-state index is 5.41. The number of rotatable bonds is 5. The van der Waals surface area contributed by atoms with Crippen LogP contribution in [0.4, 0.5) is 0 Å². The predicted molar refractivity (Wildman–Crippen MR) is 63.3 cm³/mol. The van der Waals surface area contributed by atoms with Crippen molar-refractivity contribution in [2.24, 2.45) is 5.73 Å². The van der Waals surface area contributed by atoms with Gasteiger partial charge in [0.2, 0.25) is 0 Å². The van der Waals surface area contributed by atoms with Gasteiger partial charge in [-0.3, -0.25) is 0 Å². The molecule has 2 N–H and O–H groups in total. The zero-order valence-electron chi connectivity index (χ0n) is 6.09. The van der Waals surface area contributed by atoms with E-state index in [-0.39, 0.29) is 35.7 Å². The Morgan fingerprint density at radius 2 is 1.54 bits per heavy atom. The van der Waals surface area contributed by atoms with Crippen molar-refractivity contribution in [2.45, 2.75) is 42.7 Å². The summed E-state index contributed by atoms with van der Waals surface area (Å²) in [4.78, 5) is 0. The van der Waals surface area contributed by atoms with E-state index in [1.807, 2.05) is 6.92 Å². The average molecular weight is 197 g/mol. The molecule has 0 spiro atoms. The molecule has 0 saturated heterocycles. The maximum absolute atomic E-state index is 5.41. The van der Waals surface area contributed by atoms with E-state index in [0.29, 0.717) is 19.8 Å². The summed E-state index contributed by atoms with van der Waals surface area (Å²) < 4.78 is 9.84. The zero-order chi connectivity index (χ0) is 7.11. The molecule has 1 atom stereocenters. The Bertz CT molecular complexity index is 58.9. The highest BCUT2D eigenvalue weighted by atomic mass is 16.5. The Hall–Kier alpha value is -0.120. The highest BCUT2D eigenvalue weighted by molar-refractivity contribution is 4.47. The van der Waals surface area contributed by atoms with E-state index in [2.05, 4.69) is 0 Å². The molecule has 0 heterocycles. The first-order chi connectivity index (χ1) is 4.27. The molecule has 0 rings (SSSR count). The molecule has 0 aromatic carbocycles. The molecule has 13 heavy (non-hydrogen) atoms. The van der Waals surface area contributed by atoms with Crippen molar-refractivity contribution in [1.82, 2.24) is 0 Å². The van der Waals surface area contributed by atoms with Crippen LogP contribution < -0.4 is 5.73 Å². The molecule has 3 nitrogen and oxygen atoms in total. The first-order valence-electron chi connectivity index (χ1n) is 3.09. The third-order valence-electron chi connectivity index (χ3n) is 0.813. The molecule has 0 aliphatic carbocycles. The molecule has 0 aromatic rings. The van der Waals surface area contributed by atoms with Crippen LogP contribution in [0.3, 0.4) is 0 Å². The van der Waals surface area contributed by atoms with E-state index < -0.39 is 0 Å². The lowest BCUT2D eigenvalue weighted by atomic mass is 10.4. The van der Waals surface area contributed by atoms with Gasteiger partial charge in [-0.05, 0) is 6.92 Å². The molecule has 3 heteroatoms. The number of methoxy groups -OCH3 is 1. The van der Waals surface area contributed by atoms with Gasteiger partial charge < -0.3 is 15.2 Å². The quantitative estimate of drug-likeness (QED) is 0.689. The van der Waals surface area contributed by atoms with Crippen LogP contribution in [-0.4, -0.2) is 33.0 Å². The molecule has 0 saturated carbocycles. The average Bonchev–Trinajstić information content (AvgIpc) is 1.80. The third kappa shape index (κ3) is 33.5. The normalized spacial score (nSPS) is 9.46. The van der Waals surface area contributed by atoms with Crippen LogP contribution in [0.1, 0.15) is 36.6 Å². The van der Waals surface area contributed by atoms with Crippen LogP contribution in [-0.2, 0) is 9.47 Å². The SMILES string of the molecule is C.C.C.C.COCCOCC(C)N. The lowest BCUT2D eigenvalue weighted by Gasteiger charge is -2.04. The fraction of sp³-hybridized carbons (Fsp3) is 1.00. The Labute approximate surface area is 85.6 Å². The van der Waals surface area contributed by atoms with Crippen molar-refractivity contribution in [2.75, 3.05) is 26.9 Å². The summed E-state index contributed by atoms with van der Waals surface area (Å²) in [6.45, 7) is 3.81. The largest absolute Gasteiger partial charge is 0.382 e. The number of ether oxygens (including phenoxy) is 2. The standard InChI is InChI=1S/C6H15NO2.4CH4/c1-6(7)5-9-4-3-8-2;;;;/h6H,3-5,7H2,1-2H3;4*1H4. The van der Waals surface area contributed by atoms with Crippen LogP contribution in [0.25, 0.3) is 0 Å².